The highest BCUT2D eigenvalue weighted by Crippen LogP contribution is 2.49. The SMILES string of the molecule is Cc1cc(C2(CON)CC2)c(C)[nH]1. The van der Waals surface area contributed by atoms with E-state index in [-0.39, 0.29) is 5.41 Å². The second-order valence-electron chi connectivity index (χ2n) is 4.08. The third-order valence-electron chi connectivity index (χ3n) is 2.93. The molecule has 0 aliphatic heterocycles. The molecule has 1 aliphatic carbocycles. The topological polar surface area (TPSA) is 51.0 Å². The van der Waals surface area contributed by atoms with Gasteiger partial charge in [-0.1, -0.05) is 0 Å². The highest BCUT2D eigenvalue weighted by Gasteiger charge is 2.46. The molecule has 0 bridgehead atoms. The number of aryl methyl sites for hydroxylation is 2. The molecule has 0 saturated heterocycles. The van der Waals surface area contributed by atoms with E-state index in [4.69, 9.17) is 10.7 Å². The predicted molar refractivity (Wildman–Crippen MR) is 51.3 cm³/mol. The molecule has 0 spiro atoms. The summed E-state index contributed by atoms with van der Waals surface area (Å²) in [7, 11) is 0. The fourth-order valence-corrected chi connectivity index (χ4v) is 2.08. The Hall–Kier alpha value is -0.800. The molecule has 1 saturated carbocycles. The molecule has 0 radical (unpaired) electrons. The lowest BCUT2D eigenvalue weighted by molar-refractivity contribution is 0.116. The molecule has 1 heterocycles. The van der Waals surface area contributed by atoms with Gasteiger partial charge in [0.15, 0.2) is 0 Å². The van der Waals surface area contributed by atoms with E-state index in [2.05, 4.69) is 24.9 Å². The van der Waals surface area contributed by atoms with E-state index in [1.807, 2.05) is 0 Å². The standard InChI is InChI=1S/C10H16N2O/c1-7-5-9(8(2)12-7)10(3-4-10)6-13-11/h5,12H,3-4,6,11H2,1-2H3. The van der Waals surface area contributed by atoms with Crippen molar-refractivity contribution < 1.29 is 4.84 Å². The summed E-state index contributed by atoms with van der Waals surface area (Å²) < 4.78 is 0. The van der Waals surface area contributed by atoms with E-state index in [1.165, 1.54) is 29.8 Å². The minimum absolute atomic E-state index is 0.226. The minimum atomic E-state index is 0.226. The molecule has 0 amide bonds. The molecule has 0 aromatic carbocycles. The maximum absolute atomic E-state index is 5.14. The molecule has 1 aliphatic rings. The lowest BCUT2D eigenvalue weighted by Gasteiger charge is -2.12. The van der Waals surface area contributed by atoms with Crippen LogP contribution < -0.4 is 5.90 Å². The zero-order valence-corrected chi connectivity index (χ0v) is 8.18. The van der Waals surface area contributed by atoms with Gasteiger partial charge in [0.2, 0.25) is 0 Å². The Kier molecular flexibility index (Phi) is 1.93. The molecule has 3 N–H and O–H groups in total. The van der Waals surface area contributed by atoms with Crippen LogP contribution in [-0.2, 0) is 10.3 Å². The van der Waals surface area contributed by atoms with Gasteiger partial charge in [0.05, 0.1) is 6.61 Å². The lowest BCUT2D eigenvalue weighted by atomic mass is 9.97. The smallest absolute Gasteiger partial charge is 0.0776 e. The largest absolute Gasteiger partial charge is 0.362 e. The van der Waals surface area contributed by atoms with Crippen molar-refractivity contribution in [2.24, 2.45) is 5.90 Å². The summed E-state index contributed by atoms with van der Waals surface area (Å²) in [5.74, 6) is 5.14. The first-order valence-corrected chi connectivity index (χ1v) is 4.66. The number of aromatic nitrogens is 1. The number of rotatable bonds is 3. The summed E-state index contributed by atoms with van der Waals surface area (Å²) in [5, 5.41) is 0. The van der Waals surface area contributed by atoms with Crippen LogP contribution in [0.1, 0.15) is 29.8 Å². The Morgan fingerprint density at radius 3 is 2.62 bits per heavy atom. The fraction of sp³-hybridized carbons (Fsp3) is 0.600. The lowest BCUT2D eigenvalue weighted by Crippen LogP contribution is -2.18. The Morgan fingerprint density at radius 1 is 1.54 bits per heavy atom. The fourth-order valence-electron chi connectivity index (χ4n) is 2.08. The van der Waals surface area contributed by atoms with Crippen molar-refractivity contribution >= 4 is 0 Å². The second-order valence-corrected chi connectivity index (χ2v) is 4.08. The monoisotopic (exact) mass is 180 g/mol. The van der Waals surface area contributed by atoms with Crippen LogP contribution in [0.15, 0.2) is 6.07 Å². The number of hydrogen-bond donors (Lipinski definition) is 2. The first kappa shape index (κ1) is 8.78. The number of aromatic amines is 1. The molecular formula is C10H16N2O. The Bertz CT molecular complexity index is 313. The zero-order valence-electron chi connectivity index (χ0n) is 8.18. The Balaban J connectivity index is 2.29. The molecule has 1 aromatic rings. The van der Waals surface area contributed by atoms with Crippen LogP contribution >= 0.6 is 0 Å². The minimum Gasteiger partial charge on any atom is -0.362 e. The maximum Gasteiger partial charge on any atom is 0.0776 e. The number of nitrogens with two attached hydrogens (primary N) is 1. The van der Waals surface area contributed by atoms with Gasteiger partial charge in [-0.15, -0.1) is 0 Å². The molecular weight excluding hydrogens is 164 g/mol. The Morgan fingerprint density at radius 2 is 2.23 bits per heavy atom. The van der Waals surface area contributed by atoms with Crippen LogP contribution in [-0.4, -0.2) is 11.6 Å². The van der Waals surface area contributed by atoms with E-state index in [0.717, 1.165) is 0 Å². The molecule has 3 heteroatoms. The molecule has 3 nitrogen and oxygen atoms in total. The van der Waals surface area contributed by atoms with Gasteiger partial charge in [-0.25, -0.2) is 5.90 Å². The van der Waals surface area contributed by atoms with Crippen LogP contribution in [0.2, 0.25) is 0 Å². The van der Waals surface area contributed by atoms with Gasteiger partial charge in [-0.05, 0) is 38.3 Å². The number of nitrogens with one attached hydrogen (secondary N) is 1. The quantitative estimate of drug-likeness (QED) is 0.693. The van der Waals surface area contributed by atoms with Crippen molar-refractivity contribution in [3.05, 3.63) is 23.0 Å². The second kappa shape index (κ2) is 2.86. The predicted octanol–water partition coefficient (Wildman–Crippen LogP) is 1.55. The van der Waals surface area contributed by atoms with Gasteiger partial charge >= 0.3 is 0 Å². The third-order valence-corrected chi connectivity index (χ3v) is 2.93. The first-order chi connectivity index (χ1) is 6.18. The summed E-state index contributed by atoms with van der Waals surface area (Å²) in [6, 6.07) is 2.21. The maximum atomic E-state index is 5.14. The van der Waals surface area contributed by atoms with Gasteiger partial charge < -0.3 is 9.82 Å². The molecule has 0 atom stereocenters. The van der Waals surface area contributed by atoms with Crippen LogP contribution in [0.5, 0.6) is 0 Å². The summed E-state index contributed by atoms with van der Waals surface area (Å²) >= 11 is 0. The van der Waals surface area contributed by atoms with Crippen molar-refractivity contribution in [2.75, 3.05) is 6.61 Å². The van der Waals surface area contributed by atoms with Crippen LogP contribution in [0, 0.1) is 13.8 Å². The average molecular weight is 180 g/mol. The summed E-state index contributed by atoms with van der Waals surface area (Å²) in [4.78, 5) is 8.09. The van der Waals surface area contributed by atoms with E-state index in [1.54, 1.807) is 0 Å². The Labute approximate surface area is 78.2 Å². The van der Waals surface area contributed by atoms with Gasteiger partial charge in [0.1, 0.15) is 0 Å². The summed E-state index contributed by atoms with van der Waals surface area (Å²) in [6.07, 6.45) is 2.39. The molecule has 13 heavy (non-hydrogen) atoms. The molecule has 0 unspecified atom stereocenters. The van der Waals surface area contributed by atoms with Gasteiger partial charge in [0, 0.05) is 16.8 Å². The van der Waals surface area contributed by atoms with Crippen molar-refractivity contribution in [2.45, 2.75) is 32.1 Å². The highest BCUT2D eigenvalue weighted by atomic mass is 16.6. The molecule has 1 fully saturated rings. The average Bonchev–Trinajstić information content (AvgIpc) is 2.74. The van der Waals surface area contributed by atoms with Crippen molar-refractivity contribution in [3.63, 3.8) is 0 Å². The third kappa shape index (κ3) is 1.38. The molecule has 2 rings (SSSR count). The van der Waals surface area contributed by atoms with Crippen LogP contribution in [0.3, 0.4) is 0 Å². The number of H-pyrrole nitrogens is 1. The highest BCUT2D eigenvalue weighted by molar-refractivity contribution is 5.37. The van der Waals surface area contributed by atoms with Crippen LogP contribution in [0.4, 0.5) is 0 Å². The number of hydrogen-bond acceptors (Lipinski definition) is 2. The van der Waals surface area contributed by atoms with Crippen molar-refractivity contribution in [3.8, 4) is 0 Å². The molecule has 72 valence electrons. The summed E-state index contributed by atoms with van der Waals surface area (Å²) in [6.45, 7) is 4.83. The summed E-state index contributed by atoms with van der Waals surface area (Å²) in [5.41, 5.74) is 4.09. The van der Waals surface area contributed by atoms with Crippen molar-refractivity contribution in [1.29, 1.82) is 0 Å². The van der Waals surface area contributed by atoms with E-state index < -0.39 is 0 Å². The first-order valence-electron chi connectivity index (χ1n) is 4.66. The van der Waals surface area contributed by atoms with E-state index >= 15 is 0 Å². The van der Waals surface area contributed by atoms with Crippen molar-refractivity contribution in [1.82, 2.24) is 4.98 Å². The van der Waals surface area contributed by atoms with E-state index in [0.29, 0.717) is 6.61 Å². The van der Waals surface area contributed by atoms with Gasteiger partial charge in [0.25, 0.3) is 0 Å². The van der Waals surface area contributed by atoms with Crippen LogP contribution in [0.25, 0.3) is 0 Å². The van der Waals surface area contributed by atoms with E-state index in [9.17, 15) is 0 Å². The zero-order chi connectivity index (χ0) is 9.47. The normalized spacial score (nSPS) is 19.0. The molecule has 1 aromatic heterocycles. The van der Waals surface area contributed by atoms with Gasteiger partial charge in [-0.2, -0.15) is 0 Å². The van der Waals surface area contributed by atoms with Gasteiger partial charge in [-0.3, -0.25) is 0 Å².